The first kappa shape index (κ1) is 15.8. The molecule has 5 heteroatoms. The number of nitrogens with zero attached hydrogens (tertiary/aromatic N) is 2. The molecule has 1 aliphatic carbocycles. The van der Waals surface area contributed by atoms with Crippen LogP contribution in [0.25, 0.3) is 0 Å². The number of hydrogen-bond acceptors (Lipinski definition) is 3. The van der Waals surface area contributed by atoms with Crippen LogP contribution in [0.3, 0.4) is 0 Å². The van der Waals surface area contributed by atoms with Crippen LogP contribution in [0.4, 0.5) is 0 Å². The van der Waals surface area contributed by atoms with E-state index in [0.717, 1.165) is 26.2 Å². The molecule has 3 rings (SSSR count). The monoisotopic (exact) mass is 320 g/mol. The standard InChI is InChI=1S/C17H28N4S/c18-17(20-15-5-3-1-2-4-6-15)19-9-11-21-10-7-16-14(13-21)8-12-22-16/h8,12,15H,1-7,9-11,13H2,(H3,18,19,20). The molecule has 122 valence electrons. The zero-order valence-corrected chi connectivity index (χ0v) is 14.2. The van der Waals surface area contributed by atoms with Crippen molar-refractivity contribution in [1.82, 2.24) is 10.2 Å². The molecule has 0 radical (unpaired) electrons. The minimum Gasteiger partial charge on any atom is -0.370 e. The summed E-state index contributed by atoms with van der Waals surface area (Å²) in [5, 5.41) is 5.63. The van der Waals surface area contributed by atoms with Gasteiger partial charge in [0.2, 0.25) is 0 Å². The predicted molar refractivity (Wildman–Crippen MR) is 94.4 cm³/mol. The Bertz CT molecular complexity index is 489. The minimum atomic E-state index is 0.537. The lowest BCUT2D eigenvalue weighted by molar-refractivity contribution is 0.263. The van der Waals surface area contributed by atoms with Gasteiger partial charge in [0, 0.05) is 30.6 Å². The fraction of sp³-hybridized carbons (Fsp3) is 0.706. The fourth-order valence-corrected chi connectivity index (χ4v) is 4.38. The van der Waals surface area contributed by atoms with Crippen molar-refractivity contribution in [3.8, 4) is 0 Å². The molecule has 1 aliphatic heterocycles. The number of guanidine groups is 1. The van der Waals surface area contributed by atoms with Gasteiger partial charge in [0.25, 0.3) is 0 Å². The summed E-state index contributed by atoms with van der Waals surface area (Å²) in [6.07, 6.45) is 9.05. The maximum atomic E-state index is 6.05. The molecule has 22 heavy (non-hydrogen) atoms. The lowest BCUT2D eigenvalue weighted by atomic mass is 10.1. The zero-order valence-electron chi connectivity index (χ0n) is 13.4. The van der Waals surface area contributed by atoms with Crippen molar-refractivity contribution in [2.45, 2.75) is 57.5 Å². The summed E-state index contributed by atoms with van der Waals surface area (Å²) in [4.78, 5) is 8.58. The van der Waals surface area contributed by atoms with E-state index in [-0.39, 0.29) is 0 Å². The number of nitrogens with one attached hydrogen (secondary N) is 1. The van der Waals surface area contributed by atoms with Crippen LogP contribution in [0.2, 0.25) is 0 Å². The van der Waals surface area contributed by atoms with E-state index in [0.29, 0.717) is 12.0 Å². The van der Waals surface area contributed by atoms with Crippen molar-refractivity contribution in [3.63, 3.8) is 0 Å². The number of thiophene rings is 1. The molecule has 1 fully saturated rings. The molecule has 3 N–H and O–H groups in total. The summed E-state index contributed by atoms with van der Waals surface area (Å²) in [7, 11) is 0. The number of fused-ring (bicyclic) bond motifs is 1. The summed E-state index contributed by atoms with van der Waals surface area (Å²) >= 11 is 1.89. The Hall–Kier alpha value is -1.07. The average molecular weight is 321 g/mol. The Morgan fingerprint density at radius 3 is 2.95 bits per heavy atom. The van der Waals surface area contributed by atoms with E-state index >= 15 is 0 Å². The van der Waals surface area contributed by atoms with Gasteiger partial charge >= 0.3 is 0 Å². The quantitative estimate of drug-likeness (QED) is 0.509. The van der Waals surface area contributed by atoms with E-state index < -0.39 is 0 Å². The molecule has 0 unspecified atom stereocenters. The van der Waals surface area contributed by atoms with Gasteiger partial charge in [-0.1, -0.05) is 25.7 Å². The molecule has 0 amide bonds. The first-order valence-corrected chi connectivity index (χ1v) is 9.53. The van der Waals surface area contributed by atoms with Crippen LogP contribution in [-0.4, -0.2) is 36.5 Å². The highest BCUT2D eigenvalue weighted by atomic mass is 32.1. The molecule has 1 aromatic heterocycles. The minimum absolute atomic E-state index is 0.537. The molecule has 0 atom stereocenters. The van der Waals surface area contributed by atoms with Gasteiger partial charge in [-0.25, -0.2) is 0 Å². The number of rotatable bonds is 4. The van der Waals surface area contributed by atoms with Gasteiger partial charge in [-0.05, 0) is 36.3 Å². The summed E-state index contributed by atoms with van der Waals surface area (Å²) in [5.41, 5.74) is 7.56. The second-order valence-electron chi connectivity index (χ2n) is 6.49. The van der Waals surface area contributed by atoms with Crippen molar-refractivity contribution in [2.75, 3.05) is 19.6 Å². The van der Waals surface area contributed by atoms with Crippen LogP contribution < -0.4 is 11.1 Å². The van der Waals surface area contributed by atoms with Crippen LogP contribution >= 0.6 is 11.3 Å². The first-order valence-electron chi connectivity index (χ1n) is 8.65. The Morgan fingerprint density at radius 2 is 2.14 bits per heavy atom. The fourth-order valence-electron chi connectivity index (χ4n) is 3.49. The maximum absolute atomic E-state index is 6.05. The number of hydrogen-bond donors (Lipinski definition) is 2. The van der Waals surface area contributed by atoms with Crippen molar-refractivity contribution >= 4 is 17.3 Å². The Kier molecular flexibility index (Phi) is 5.73. The topological polar surface area (TPSA) is 53.6 Å². The van der Waals surface area contributed by atoms with Crippen molar-refractivity contribution in [1.29, 1.82) is 0 Å². The van der Waals surface area contributed by atoms with E-state index in [4.69, 9.17) is 5.73 Å². The van der Waals surface area contributed by atoms with Gasteiger partial charge in [0.15, 0.2) is 5.96 Å². The van der Waals surface area contributed by atoms with Gasteiger partial charge < -0.3 is 11.1 Å². The van der Waals surface area contributed by atoms with Gasteiger partial charge in [-0.3, -0.25) is 9.89 Å². The molecule has 2 aliphatic rings. The number of nitrogens with two attached hydrogens (primary N) is 1. The third-order valence-corrected chi connectivity index (χ3v) is 5.82. The van der Waals surface area contributed by atoms with Crippen molar-refractivity contribution in [2.24, 2.45) is 10.7 Å². The summed E-state index contributed by atoms with van der Waals surface area (Å²) in [5.74, 6) is 0.639. The molecule has 1 saturated carbocycles. The second kappa shape index (κ2) is 7.97. The maximum Gasteiger partial charge on any atom is 0.188 e. The summed E-state index contributed by atoms with van der Waals surface area (Å²) in [6, 6.07) is 2.80. The third-order valence-electron chi connectivity index (χ3n) is 4.79. The van der Waals surface area contributed by atoms with Gasteiger partial charge in [0.05, 0.1) is 6.54 Å². The Labute approximate surface area is 137 Å². The van der Waals surface area contributed by atoms with Gasteiger partial charge in [-0.15, -0.1) is 11.3 Å². The van der Waals surface area contributed by atoms with Crippen LogP contribution in [0.15, 0.2) is 16.4 Å². The first-order chi connectivity index (χ1) is 10.8. The highest BCUT2D eigenvalue weighted by molar-refractivity contribution is 7.10. The lowest BCUT2D eigenvalue weighted by Crippen LogP contribution is -2.40. The molecule has 4 nitrogen and oxygen atoms in total. The van der Waals surface area contributed by atoms with E-state index in [9.17, 15) is 0 Å². The third kappa shape index (κ3) is 4.46. The SMILES string of the molecule is NC(=NCCN1CCc2sccc2C1)NC1CCCCCC1. The second-order valence-corrected chi connectivity index (χ2v) is 7.50. The predicted octanol–water partition coefficient (Wildman–Crippen LogP) is 2.73. The van der Waals surface area contributed by atoms with Crippen molar-refractivity contribution in [3.05, 3.63) is 21.9 Å². The van der Waals surface area contributed by atoms with Crippen molar-refractivity contribution < 1.29 is 0 Å². The molecule has 1 aromatic rings. The molecule has 0 saturated heterocycles. The molecule has 0 aromatic carbocycles. The summed E-state index contributed by atoms with van der Waals surface area (Å²) in [6.45, 7) is 4.02. The molecule has 0 spiro atoms. The molecular formula is C17H28N4S. The zero-order chi connectivity index (χ0) is 15.2. The van der Waals surface area contributed by atoms with Crippen LogP contribution in [0, 0.1) is 0 Å². The van der Waals surface area contributed by atoms with Gasteiger partial charge in [0.1, 0.15) is 0 Å². The highest BCUT2D eigenvalue weighted by Crippen LogP contribution is 2.23. The van der Waals surface area contributed by atoms with E-state index in [1.165, 1.54) is 50.5 Å². The average Bonchev–Trinajstić information content (AvgIpc) is 2.83. The van der Waals surface area contributed by atoms with Crippen LogP contribution in [0.5, 0.6) is 0 Å². The summed E-state index contributed by atoms with van der Waals surface area (Å²) < 4.78 is 0. The Morgan fingerprint density at radius 1 is 1.32 bits per heavy atom. The smallest absolute Gasteiger partial charge is 0.188 e. The van der Waals surface area contributed by atoms with Crippen LogP contribution in [0.1, 0.15) is 49.0 Å². The van der Waals surface area contributed by atoms with E-state index in [1.54, 1.807) is 4.88 Å². The number of aliphatic imine (C=N–C) groups is 1. The van der Waals surface area contributed by atoms with E-state index in [1.807, 2.05) is 11.3 Å². The highest BCUT2D eigenvalue weighted by Gasteiger charge is 2.16. The molecular weight excluding hydrogens is 292 g/mol. The Balaban J connectivity index is 1.40. The largest absolute Gasteiger partial charge is 0.370 e. The van der Waals surface area contributed by atoms with E-state index in [2.05, 4.69) is 26.7 Å². The lowest BCUT2D eigenvalue weighted by Gasteiger charge is -2.26. The normalized spacial score (nSPS) is 21.4. The van der Waals surface area contributed by atoms with Gasteiger partial charge in [-0.2, -0.15) is 0 Å². The molecule has 0 bridgehead atoms. The van der Waals surface area contributed by atoms with Crippen LogP contribution in [-0.2, 0) is 13.0 Å². The molecule has 2 heterocycles.